The van der Waals surface area contributed by atoms with Gasteiger partial charge in [-0.25, -0.2) is 4.98 Å². The summed E-state index contributed by atoms with van der Waals surface area (Å²) in [6, 6.07) is 0. The third-order valence-corrected chi connectivity index (χ3v) is 4.09. The Hall–Kier alpha value is -0.310. The molecule has 1 atom stereocenters. The second-order valence-electron chi connectivity index (χ2n) is 2.71. The molecule has 8 heteroatoms. The molecule has 5 nitrogen and oxygen atoms in total. The maximum atomic E-state index is 10.0. The molecule has 1 unspecified atom stereocenters. The molecule has 0 saturated carbocycles. The van der Waals surface area contributed by atoms with Gasteiger partial charge in [0.1, 0.15) is 16.4 Å². The van der Waals surface area contributed by atoms with Crippen molar-refractivity contribution in [2.75, 3.05) is 6.54 Å². The summed E-state index contributed by atoms with van der Waals surface area (Å²) in [5.41, 5.74) is 0.304. The van der Waals surface area contributed by atoms with E-state index in [1.54, 1.807) is 0 Å². The molecular formula is C8H10Br2N4OS. The molecule has 0 bridgehead atoms. The fourth-order valence-electron chi connectivity index (χ4n) is 0.950. The largest absolute Gasteiger partial charge is 0.381 e. The molecule has 0 spiro atoms. The van der Waals surface area contributed by atoms with Gasteiger partial charge in [-0.1, -0.05) is 0 Å². The van der Waals surface area contributed by atoms with Crippen LogP contribution >= 0.6 is 43.2 Å². The molecule has 1 aromatic rings. The first kappa shape index (κ1) is 13.8. The zero-order valence-corrected chi connectivity index (χ0v) is 12.4. The molecule has 88 valence electrons. The fourth-order valence-corrected chi connectivity index (χ4v) is 3.32. The zero-order valence-electron chi connectivity index (χ0n) is 8.39. The standard InChI is InChI=1S/C8H10Br2N4OS/c1-2-12-3-4(14-11)5(15)6-7(9)13-8(10)16-6/h3,5,15H,2,11H2,1H3. The Kier molecular flexibility index (Phi) is 5.53. The Morgan fingerprint density at radius 2 is 2.38 bits per heavy atom. The van der Waals surface area contributed by atoms with Crippen molar-refractivity contribution in [1.29, 1.82) is 0 Å². The van der Waals surface area contributed by atoms with E-state index in [-0.39, 0.29) is 0 Å². The van der Waals surface area contributed by atoms with Crippen molar-refractivity contribution in [2.24, 2.45) is 15.9 Å². The Bertz CT molecular complexity index is 418. The number of aliphatic imine (C=N–C) groups is 1. The molecule has 16 heavy (non-hydrogen) atoms. The number of aliphatic hydroxyl groups is 1. The third-order valence-electron chi connectivity index (χ3n) is 1.67. The molecule has 0 aliphatic carbocycles. The van der Waals surface area contributed by atoms with E-state index in [0.29, 0.717) is 25.7 Å². The average molecular weight is 370 g/mol. The highest BCUT2D eigenvalue weighted by atomic mass is 79.9. The van der Waals surface area contributed by atoms with Crippen LogP contribution in [0.2, 0.25) is 0 Å². The molecule has 0 aliphatic heterocycles. The number of hydrazone groups is 1. The predicted octanol–water partition coefficient (Wildman–Crippen LogP) is 2.11. The van der Waals surface area contributed by atoms with Crippen molar-refractivity contribution in [3.63, 3.8) is 0 Å². The van der Waals surface area contributed by atoms with Crippen molar-refractivity contribution in [2.45, 2.75) is 13.0 Å². The number of hydrogen-bond donors (Lipinski definition) is 2. The van der Waals surface area contributed by atoms with Crippen LogP contribution in [0.4, 0.5) is 0 Å². The lowest BCUT2D eigenvalue weighted by molar-refractivity contribution is 0.252. The lowest BCUT2D eigenvalue weighted by Gasteiger charge is -2.07. The van der Waals surface area contributed by atoms with Gasteiger partial charge in [-0.3, -0.25) is 4.99 Å². The van der Waals surface area contributed by atoms with E-state index < -0.39 is 6.10 Å². The van der Waals surface area contributed by atoms with Gasteiger partial charge in [0.15, 0.2) is 3.92 Å². The Morgan fingerprint density at radius 3 is 2.81 bits per heavy atom. The lowest BCUT2D eigenvalue weighted by atomic mass is 10.2. The van der Waals surface area contributed by atoms with E-state index in [1.165, 1.54) is 17.6 Å². The summed E-state index contributed by atoms with van der Waals surface area (Å²) in [7, 11) is 0. The Labute approximate surface area is 114 Å². The van der Waals surface area contributed by atoms with Crippen LogP contribution in [-0.4, -0.2) is 28.6 Å². The summed E-state index contributed by atoms with van der Waals surface area (Å²) in [5.74, 6) is 5.20. The molecule has 0 fully saturated rings. The Morgan fingerprint density at radius 1 is 1.69 bits per heavy atom. The van der Waals surface area contributed by atoms with Crippen molar-refractivity contribution in [3.05, 3.63) is 13.4 Å². The Balaban J connectivity index is 2.96. The van der Waals surface area contributed by atoms with Crippen molar-refractivity contribution < 1.29 is 5.11 Å². The highest BCUT2D eigenvalue weighted by Crippen LogP contribution is 2.32. The van der Waals surface area contributed by atoms with Crippen molar-refractivity contribution in [3.8, 4) is 0 Å². The first-order chi connectivity index (χ1) is 7.60. The normalized spacial score (nSPS) is 14.6. The molecule has 0 aliphatic rings. The quantitative estimate of drug-likeness (QED) is 0.484. The highest BCUT2D eigenvalue weighted by molar-refractivity contribution is 9.11. The smallest absolute Gasteiger partial charge is 0.160 e. The van der Waals surface area contributed by atoms with E-state index in [2.05, 4.69) is 46.9 Å². The van der Waals surface area contributed by atoms with E-state index in [9.17, 15) is 5.11 Å². The average Bonchev–Trinajstić information content (AvgIpc) is 2.58. The molecule has 0 amide bonds. The monoisotopic (exact) mass is 368 g/mol. The molecule has 1 rings (SSSR count). The number of hydrogen-bond acceptors (Lipinski definition) is 6. The van der Waals surface area contributed by atoms with E-state index in [0.717, 1.165) is 0 Å². The minimum absolute atomic E-state index is 0.304. The van der Waals surface area contributed by atoms with Gasteiger partial charge >= 0.3 is 0 Å². The summed E-state index contributed by atoms with van der Waals surface area (Å²) in [5, 5.41) is 13.5. The number of rotatable bonds is 4. The lowest BCUT2D eigenvalue weighted by Crippen LogP contribution is -2.15. The minimum Gasteiger partial charge on any atom is -0.381 e. The number of thiazole rings is 1. The van der Waals surface area contributed by atoms with Gasteiger partial charge < -0.3 is 10.9 Å². The van der Waals surface area contributed by atoms with Crippen molar-refractivity contribution >= 4 is 55.1 Å². The topological polar surface area (TPSA) is 83.9 Å². The van der Waals surface area contributed by atoms with Gasteiger partial charge in [-0.2, -0.15) is 5.10 Å². The van der Waals surface area contributed by atoms with Gasteiger partial charge in [0.25, 0.3) is 0 Å². The predicted molar refractivity (Wildman–Crippen MR) is 73.1 cm³/mol. The van der Waals surface area contributed by atoms with Gasteiger partial charge in [0.05, 0.1) is 4.88 Å². The fraction of sp³-hybridized carbons (Fsp3) is 0.375. The number of nitrogens with zero attached hydrogens (tertiary/aromatic N) is 3. The SMILES string of the molecule is CCN=CC(=NN)C(O)c1sc(Br)nc1Br. The van der Waals surface area contributed by atoms with E-state index in [1.807, 2.05) is 6.92 Å². The van der Waals surface area contributed by atoms with Crippen molar-refractivity contribution in [1.82, 2.24) is 4.98 Å². The molecule has 0 saturated heterocycles. The van der Waals surface area contributed by atoms with Crippen LogP contribution in [0.5, 0.6) is 0 Å². The molecule has 3 N–H and O–H groups in total. The highest BCUT2D eigenvalue weighted by Gasteiger charge is 2.20. The number of nitrogens with two attached hydrogens (primary N) is 1. The summed E-state index contributed by atoms with van der Waals surface area (Å²) >= 11 is 7.80. The molecule has 1 aromatic heterocycles. The number of aliphatic hydroxyl groups excluding tert-OH is 1. The molecule has 1 heterocycles. The second-order valence-corrected chi connectivity index (χ2v) is 5.76. The van der Waals surface area contributed by atoms with E-state index in [4.69, 9.17) is 5.84 Å². The molecular weight excluding hydrogens is 360 g/mol. The number of aromatic nitrogens is 1. The third kappa shape index (κ3) is 3.34. The first-order valence-electron chi connectivity index (χ1n) is 4.37. The summed E-state index contributed by atoms with van der Waals surface area (Å²) in [6.07, 6.45) is 0.545. The van der Waals surface area contributed by atoms with Crippen LogP contribution < -0.4 is 5.84 Å². The zero-order chi connectivity index (χ0) is 12.1. The first-order valence-corrected chi connectivity index (χ1v) is 6.77. The minimum atomic E-state index is -0.918. The molecule has 0 aromatic carbocycles. The van der Waals surface area contributed by atoms with Crippen LogP contribution in [0.3, 0.4) is 0 Å². The van der Waals surface area contributed by atoms with Crippen LogP contribution in [0.25, 0.3) is 0 Å². The maximum Gasteiger partial charge on any atom is 0.160 e. The van der Waals surface area contributed by atoms with Crippen LogP contribution in [0.1, 0.15) is 17.9 Å². The summed E-state index contributed by atoms with van der Waals surface area (Å²) in [6.45, 7) is 2.50. The summed E-state index contributed by atoms with van der Waals surface area (Å²) in [4.78, 5) is 8.71. The van der Waals surface area contributed by atoms with Gasteiger partial charge in [0, 0.05) is 12.8 Å². The molecule has 0 radical (unpaired) electrons. The van der Waals surface area contributed by atoms with Crippen LogP contribution in [0.15, 0.2) is 18.6 Å². The van der Waals surface area contributed by atoms with Gasteiger partial charge in [-0.15, -0.1) is 11.3 Å². The van der Waals surface area contributed by atoms with Crippen LogP contribution in [-0.2, 0) is 0 Å². The van der Waals surface area contributed by atoms with Crippen LogP contribution in [0, 0.1) is 0 Å². The van der Waals surface area contributed by atoms with Gasteiger partial charge in [0.2, 0.25) is 0 Å². The van der Waals surface area contributed by atoms with Gasteiger partial charge in [-0.05, 0) is 38.8 Å². The second kappa shape index (κ2) is 6.43. The number of halogens is 2. The summed E-state index contributed by atoms with van der Waals surface area (Å²) < 4.78 is 1.25. The van der Waals surface area contributed by atoms with E-state index >= 15 is 0 Å². The maximum absolute atomic E-state index is 10.0.